The van der Waals surface area contributed by atoms with Crippen LogP contribution in [0.4, 0.5) is 5.00 Å². The van der Waals surface area contributed by atoms with Gasteiger partial charge in [0.15, 0.2) is 0 Å². The van der Waals surface area contributed by atoms with E-state index < -0.39 is 0 Å². The number of nitrogens with two attached hydrogens (primary N) is 1. The number of ether oxygens (including phenoxy) is 1. The zero-order valence-electron chi connectivity index (χ0n) is 11.1. The fourth-order valence-corrected chi connectivity index (χ4v) is 2.85. The fourth-order valence-electron chi connectivity index (χ4n) is 2.04. The van der Waals surface area contributed by atoms with Crippen molar-refractivity contribution < 1.29 is 9.53 Å². The van der Waals surface area contributed by atoms with Gasteiger partial charge in [-0.1, -0.05) is 37.6 Å². The van der Waals surface area contributed by atoms with Crippen molar-refractivity contribution in [2.75, 3.05) is 12.8 Å². The number of aryl methyl sites for hydroxylation is 1. The maximum Gasteiger partial charge on any atom is 0.341 e. The van der Waals surface area contributed by atoms with Gasteiger partial charge >= 0.3 is 5.97 Å². The molecule has 0 saturated carbocycles. The number of rotatable bonds is 4. The predicted molar refractivity (Wildman–Crippen MR) is 79.5 cm³/mol. The Morgan fingerprint density at radius 3 is 2.58 bits per heavy atom. The van der Waals surface area contributed by atoms with E-state index in [1.165, 1.54) is 24.0 Å². The fraction of sp³-hybridized carbons (Fsp3) is 0.267. The van der Waals surface area contributed by atoms with Gasteiger partial charge in [-0.05, 0) is 17.5 Å². The highest BCUT2D eigenvalue weighted by molar-refractivity contribution is 7.14. The zero-order chi connectivity index (χ0) is 13.8. The van der Waals surface area contributed by atoms with Crippen LogP contribution in [0.25, 0.3) is 11.1 Å². The quantitative estimate of drug-likeness (QED) is 0.865. The molecule has 0 unspecified atom stereocenters. The van der Waals surface area contributed by atoms with E-state index in [-0.39, 0.29) is 5.97 Å². The monoisotopic (exact) mass is 275 g/mol. The first-order chi connectivity index (χ1) is 9.17. The van der Waals surface area contributed by atoms with E-state index in [0.717, 1.165) is 24.0 Å². The molecule has 100 valence electrons. The predicted octanol–water partition coefficient (Wildman–Crippen LogP) is 3.74. The van der Waals surface area contributed by atoms with E-state index in [1.54, 1.807) is 0 Å². The molecule has 0 radical (unpaired) electrons. The lowest BCUT2D eigenvalue weighted by Gasteiger charge is -2.05. The summed E-state index contributed by atoms with van der Waals surface area (Å²) in [6.45, 7) is 2.16. The molecule has 2 aromatic rings. The van der Waals surface area contributed by atoms with Crippen LogP contribution in [0.2, 0.25) is 0 Å². The summed E-state index contributed by atoms with van der Waals surface area (Å²) in [4.78, 5) is 11.8. The van der Waals surface area contributed by atoms with Gasteiger partial charge in [0.2, 0.25) is 0 Å². The Bertz CT molecular complexity index is 572. The van der Waals surface area contributed by atoms with Gasteiger partial charge in [0, 0.05) is 10.9 Å². The number of carbonyl (C=O) groups is 1. The summed E-state index contributed by atoms with van der Waals surface area (Å²) in [6.07, 6.45) is 2.19. The second kappa shape index (κ2) is 5.89. The van der Waals surface area contributed by atoms with Crippen molar-refractivity contribution in [3.05, 3.63) is 40.8 Å². The van der Waals surface area contributed by atoms with Crippen LogP contribution < -0.4 is 5.73 Å². The summed E-state index contributed by atoms with van der Waals surface area (Å²) >= 11 is 1.36. The number of methoxy groups -OCH3 is 1. The minimum absolute atomic E-state index is 0.383. The average molecular weight is 275 g/mol. The molecule has 0 atom stereocenters. The van der Waals surface area contributed by atoms with Crippen LogP contribution in [0, 0.1) is 0 Å². The highest BCUT2D eigenvalue weighted by Crippen LogP contribution is 2.34. The molecule has 1 aromatic carbocycles. The van der Waals surface area contributed by atoms with Crippen molar-refractivity contribution in [2.45, 2.75) is 19.8 Å². The Morgan fingerprint density at radius 1 is 1.32 bits per heavy atom. The van der Waals surface area contributed by atoms with Crippen molar-refractivity contribution in [3.8, 4) is 11.1 Å². The lowest BCUT2D eigenvalue weighted by molar-refractivity contribution is 0.0603. The molecule has 0 aliphatic rings. The van der Waals surface area contributed by atoms with Crippen LogP contribution >= 0.6 is 11.3 Å². The Labute approximate surface area is 117 Å². The van der Waals surface area contributed by atoms with E-state index in [1.807, 2.05) is 17.5 Å². The van der Waals surface area contributed by atoms with Crippen LogP contribution in [0.15, 0.2) is 29.6 Å². The molecule has 0 saturated heterocycles. The smallest absolute Gasteiger partial charge is 0.341 e. The maximum absolute atomic E-state index is 11.8. The molecule has 0 aliphatic heterocycles. The second-order valence-electron chi connectivity index (χ2n) is 4.33. The number of benzene rings is 1. The number of hydrogen-bond acceptors (Lipinski definition) is 4. The maximum atomic E-state index is 11.8. The van der Waals surface area contributed by atoms with Crippen molar-refractivity contribution in [1.29, 1.82) is 0 Å². The lowest BCUT2D eigenvalue weighted by atomic mass is 10.0. The summed E-state index contributed by atoms with van der Waals surface area (Å²) in [7, 11) is 1.37. The molecule has 0 bridgehead atoms. The topological polar surface area (TPSA) is 52.3 Å². The Kier molecular flexibility index (Phi) is 4.22. The Balaban J connectivity index is 2.39. The van der Waals surface area contributed by atoms with Crippen molar-refractivity contribution in [3.63, 3.8) is 0 Å². The summed E-state index contributed by atoms with van der Waals surface area (Å²) in [5.74, 6) is -0.383. The highest BCUT2D eigenvalue weighted by Gasteiger charge is 2.18. The SMILES string of the molecule is CCCc1ccc(-c2csc(N)c2C(=O)OC)cc1. The number of nitrogen functional groups attached to an aromatic ring is 1. The molecule has 0 aliphatic carbocycles. The normalized spacial score (nSPS) is 10.4. The van der Waals surface area contributed by atoms with Crippen LogP contribution in [0.3, 0.4) is 0 Å². The Hall–Kier alpha value is -1.81. The molecule has 1 heterocycles. The summed E-state index contributed by atoms with van der Waals surface area (Å²) in [5.41, 5.74) is 9.46. The summed E-state index contributed by atoms with van der Waals surface area (Å²) in [6, 6.07) is 8.24. The lowest BCUT2D eigenvalue weighted by Crippen LogP contribution is -2.04. The van der Waals surface area contributed by atoms with Gasteiger partial charge in [0.25, 0.3) is 0 Å². The summed E-state index contributed by atoms with van der Waals surface area (Å²) in [5, 5.41) is 2.40. The van der Waals surface area contributed by atoms with Crippen molar-refractivity contribution in [1.82, 2.24) is 0 Å². The third-order valence-electron chi connectivity index (χ3n) is 3.01. The van der Waals surface area contributed by atoms with Crippen LogP contribution in [0.5, 0.6) is 0 Å². The van der Waals surface area contributed by atoms with E-state index in [4.69, 9.17) is 10.5 Å². The first-order valence-corrected chi connectivity index (χ1v) is 7.10. The second-order valence-corrected chi connectivity index (χ2v) is 5.24. The van der Waals surface area contributed by atoms with Crippen LogP contribution in [-0.2, 0) is 11.2 Å². The van der Waals surface area contributed by atoms with Gasteiger partial charge < -0.3 is 10.5 Å². The standard InChI is InChI=1S/C15H17NO2S/c1-3-4-10-5-7-11(8-6-10)12-9-19-14(16)13(12)15(17)18-2/h5-9H,3-4,16H2,1-2H3. The van der Waals surface area contributed by atoms with Crippen molar-refractivity contribution in [2.24, 2.45) is 0 Å². The van der Waals surface area contributed by atoms with E-state index >= 15 is 0 Å². The number of carbonyl (C=O) groups excluding carboxylic acids is 1. The first-order valence-electron chi connectivity index (χ1n) is 6.22. The molecular formula is C15H17NO2S. The molecule has 2 N–H and O–H groups in total. The summed E-state index contributed by atoms with van der Waals surface area (Å²) < 4.78 is 4.79. The molecule has 1 aromatic heterocycles. The molecular weight excluding hydrogens is 258 g/mol. The van der Waals surface area contributed by atoms with Crippen LogP contribution in [0.1, 0.15) is 29.3 Å². The number of esters is 1. The Morgan fingerprint density at radius 2 is 2.00 bits per heavy atom. The van der Waals surface area contributed by atoms with Gasteiger partial charge in [0.1, 0.15) is 10.6 Å². The largest absolute Gasteiger partial charge is 0.465 e. The van der Waals surface area contributed by atoms with Gasteiger partial charge in [-0.3, -0.25) is 0 Å². The highest BCUT2D eigenvalue weighted by atomic mass is 32.1. The van der Waals surface area contributed by atoms with Gasteiger partial charge in [-0.2, -0.15) is 0 Å². The minimum atomic E-state index is -0.383. The molecule has 4 heteroatoms. The number of hydrogen-bond donors (Lipinski definition) is 1. The third-order valence-corrected chi connectivity index (χ3v) is 3.82. The average Bonchev–Trinajstić information content (AvgIpc) is 2.81. The van der Waals surface area contributed by atoms with E-state index in [9.17, 15) is 4.79 Å². The van der Waals surface area contributed by atoms with Crippen molar-refractivity contribution >= 4 is 22.3 Å². The molecule has 19 heavy (non-hydrogen) atoms. The molecule has 0 fully saturated rings. The minimum Gasteiger partial charge on any atom is -0.465 e. The molecule has 3 nitrogen and oxygen atoms in total. The third kappa shape index (κ3) is 2.79. The van der Waals surface area contributed by atoms with Gasteiger partial charge in [0.05, 0.1) is 7.11 Å². The number of anilines is 1. The molecule has 2 rings (SSSR count). The molecule has 0 amide bonds. The number of thiophene rings is 1. The molecule has 0 spiro atoms. The zero-order valence-corrected chi connectivity index (χ0v) is 11.9. The van der Waals surface area contributed by atoms with Gasteiger partial charge in [-0.15, -0.1) is 11.3 Å². The first kappa shape index (κ1) is 13.6. The van der Waals surface area contributed by atoms with E-state index in [2.05, 4.69) is 19.1 Å². The van der Waals surface area contributed by atoms with E-state index in [0.29, 0.717) is 10.6 Å². The van der Waals surface area contributed by atoms with Gasteiger partial charge in [-0.25, -0.2) is 4.79 Å². The van der Waals surface area contributed by atoms with Crippen LogP contribution in [-0.4, -0.2) is 13.1 Å².